The lowest BCUT2D eigenvalue weighted by Gasteiger charge is -2.13. The molecule has 2 aromatic rings. The van der Waals surface area contributed by atoms with E-state index in [-0.39, 0.29) is 21.6 Å². The second-order valence-corrected chi connectivity index (χ2v) is 6.72. The number of benzene rings is 2. The Labute approximate surface area is 167 Å². The third kappa shape index (κ3) is 5.42. The summed E-state index contributed by atoms with van der Waals surface area (Å²) in [6.45, 7) is 3.66. The van der Waals surface area contributed by atoms with Gasteiger partial charge in [0.15, 0.2) is 5.11 Å². The Bertz CT molecular complexity index is 872. The molecule has 0 saturated heterocycles. The van der Waals surface area contributed by atoms with Gasteiger partial charge in [0.05, 0.1) is 10.6 Å². The monoisotopic (exact) mass is 409 g/mol. The SMILES string of the molecule is CCC(=O)Nc1cc(NC(=S)NC(=O)c2ccc(Cl)cc2Cl)ccc1C. The smallest absolute Gasteiger partial charge is 0.258 e. The lowest BCUT2D eigenvalue weighted by Crippen LogP contribution is -2.34. The van der Waals surface area contributed by atoms with Gasteiger partial charge in [-0.15, -0.1) is 0 Å². The van der Waals surface area contributed by atoms with Crippen molar-refractivity contribution in [1.82, 2.24) is 5.32 Å². The van der Waals surface area contributed by atoms with Gasteiger partial charge in [-0.3, -0.25) is 14.9 Å². The minimum absolute atomic E-state index is 0.0847. The van der Waals surface area contributed by atoms with Crippen LogP contribution in [0.5, 0.6) is 0 Å². The Morgan fingerprint density at radius 1 is 1.08 bits per heavy atom. The molecule has 2 rings (SSSR count). The molecule has 0 saturated carbocycles. The average Bonchev–Trinajstić information content (AvgIpc) is 2.57. The van der Waals surface area contributed by atoms with E-state index in [0.717, 1.165) is 5.56 Å². The highest BCUT2D eigenvalue weighted by Crippen LogP contribution is 2.22. The molecule has 0 unspecified atom stereocenters. The number of rotatable bonds is 4. The first-order valence-corrected chi connectivity index (χ1v) is 8.94. The lowest BCUT2D eigenvalue weighted by atomic mass is 10.1. The standard InChI is InChI=1S/C18H17Cl2N3O2S/c1-3-16(24)22-15-9-12(6-4-10(15)2)21-18(26)23-17(25)13-7-5-11(19)8-14(13)20/h4-9H,3H2,1-2H3,(H,22,24)(H2,21,23,25,26). The van der Waals surface area contributed by atoms with E-state index in [9.17, 15) is 9.59 Å². The quantitative estimate of drug-likeness (QED) is 0.635. The minimum atomic E-state index is -0.448. The summed E-state index contributed by atoms with van der Waals surface area (Å²) < 4.78 is 0. The third-order valence-corrected chi connectivity index (χ3v) is 4.25. The summed E-state index contributed by atoms with van der Waals surface area (Å²) >= 11 is 17.0. The number of nitrogens with one attached hydrogen (secondary N) is 3. The summed E-state index contributed by atoms with van der Waals surface area (Å²) in [6, 6.07) is 9.96. The van der Waals surface area contributed by atoms with E-state index < -0.39 is 5.91 Å². The molecule has 3 N–H and O–H groups in total. The van der Waals surface area contributed by atoms with E-state index in [1.807, 2.05) is 13.0 Å². The summed E-state index contributed by atoms with van der Waals surface area (Å²) in [6.07, 6.45) is 0.382. The maximum Gasteiger partial charge on any atom is 0.258 e. The number of thiocarbonyl (C=S) groups is 1. The van der Waals surface area contributed by atoms with Crippen molar-refractivity contribution in [2.24, 2.45) is 0 Å². The molecule has 0 bridgehead atoms. The zero-order valence-electron chi connectivity index (χ0n) is 14.2. The van der Waals surface area contributed by atoms with Gasteiger partial charge in [-0.05, 0) is 55.0 Å². The molecule has 0 heterocycles. The van der Waals surface area contributed by atoms with Crippen LogP contribution in [-0.4, -0.2) is 16.9 Å². The van der Waals surface area contributed by atoms with Crippen molar-refractivity contribution >= 4 is 63.7 Å². The first kappa shape index (κ1) is 20.2. The highest BCUT2D eigenvalue weighted by atomic mass is 35.5. The van der Waals surface area contributed by atoms with Crippen LogP contribution in [0.15, 0.2) is 36.4 Å². The van der Waals surface area contributed by atoms with Crippen molar-refractivity contribution in [3.8, 4) is 0 Å². The van der Waals surface area contributed by atoms with E-state index in [2.05, 4.69) is 16.0 Å². The Morgan fingerprint density at radius 3 is 2.46 bits per heavy atom. The Hall–Kier alpha value is -2.15. The number of anilines is 2. The van der Waals surface area contributed by atoms with Crippen LogP contribution in [0.4, 0.5) is 11.4 Å². The first-order valence-electron chi connectivity index (χ1n) is 7.78. The van der Waals surface area contributed by atoms with Crippen molar-refractivity contribution in [3.63, 3.8) is 0 Å². The fourth-order valence-corrected chi connectivity index (χ4v) is 2.78. The van der Waals surface area contributed by atoms with E-state index in [1.165, 1.54) is 12.1 Å². The second-order valence-electron chi connectivity index (χ2n) is 5.46. The molecule has 5 nitrogen and oxygen atoms in total. The molecule has 0 radical (unpaired) electrons. The maximum absolute atomic E-state index is 12.3. The number of hydrogen-bond donors (Lipinski definition) is 3. The summed E-state index contributed by atoms with van der Waals surface area (Å²) in [7, 11) is 0. The third-order valence-electron chi connectivity index (χ3n) is 3.49. The lowest BCUT2D eigenvalue weighted by molar-refractivity contribution is -0.115. The molecule has 0 aliphatic rings. The van der Waals surface area contributed by atoms with Crippen LogP contribution in [0.25, 0.3) is 0 Å². The zero-order valence-corrected chi connectivity index (χ0v) is 16.5. The van der Waals surface area contributed by atoms with Crippen LogP contribution in [-0.2, 0) is 4.79 Å². The van der Waals surface area contributed by atoms with Crippen molar-refractivity contribution in [3.05, 3.63) is 57.6 Å². The van der Waals surface area contributed by atoms with Gasteiger partial charge in [0.25, 0.3) is 5.91 Å². The molecule has 2 amide bonds. The zero-order chi connectivity index (χ0) is 19.3. The number of halogens is 2. The van der Waals surface area contributed by atoms with Gasteiger partial charge in [0.1, 0.15) is 0 Å². The molecular weight excluding hydrogens is 393 g/mol. The van der Waals surface area contributed by atoms with E-state index in [0.29, 0.717) is 22.8 Å². The minimum Gasteiger partial charge on any atom is -0.332 e. The Kier molecular flexibility index (Phi) is 6.97. The predicted molar refractivity (Wildman–Crippen MR) is 110 cm³/mol. The van der Waals surface area contributed by atoms with Gasteiger partial charge in [-0.2, -0.15) is 0 Å². The van der Waals surface area contributed by atoms with Crippen molar-refractivity contribution in [2.45, 2.75) is 20.3 Å². The number of carbonyl (C=O) groups is 2. The molecule has 0 aromatic heterocycles. The highest BCUT2D eigenvalue weighted by molar-refractivity contribution is 7.80. The van der Waals surface area contributed by atoms with Gasteiger partial charge < -0.3 is 10.6 Å². The van der Waals surface area contributed by atoms with Crippen LogP contribution in [0.1, 0.15) is 29.3 Å². The van der Waals surface area contributed by atoms with Gasteiger partial charge in [0.2, 0.25) is 5.91 Å². The average molecular weight is 410 g/mol. The van der Waals surface area contributed by atoms with Gasteiger partial charge in [-0.25, -0.2) is 0 Å². The van der Waals surface area contributed by atoms with Crippen LogP contribution in [0, 0.1) is 6.92 Å². The van der Waals surface area contributed by atoms with Gasteiger partial charge >= 0.3 is 0 Å². The van der Waals surface area contributed by atoms with Gasteiger partial charge in [0, 0.05) is 22.8 Å². The molecular formula is C18H17Cl2N3O2S. The summed E-state index contributed by atoms with van der Waals surface area (Å²) in [5.41, 5.74) is 2.49. The van der Waals surface area contributed by atoms with Gasteiger partial charge in [-0.1, -0.05) is 36.2 Å². The fraction of sp³-hybridized carbons (Fsp3) is 0.167. The molecule has 0 spiro atoms. The Balaban J connectivity index is 2.06. The molecule has 2 aromatic carbocycles. The fourth-order valence-electron chi connectivity index (χ4n) is 2.08. The van der Waals surface area contributed by atoms with E-state index in [1.54, 1.807) is 25.1 Å². The normalized spacial score (nSPS) is 10.2. The van der Waals surface area contributed by atoms with E-state index >= 15 is 0 Å². The van der Waals surface area contributed by atoms with Crippen LogP contribution in [0.2, 0.25) is 10.0 Å². The molecule has 26 heavy (non-hydrogen) atoms. The topological polar surface area (TPSA) is 70.2 Å². The van der Waals surface area contributed by atoms with Crippen molar-refractivity contribution in [1.29, 1.82) is 0 Å². The molecule has 0 aliphatic heterocycles. The molecule has 136 valence electrons. The predicted octanol–water partition coefficient (Wildman–Crippen LogP) is 4.78. The van der Waals surface area contributed by atoms with Crippen LogP contribution in [0.3, 0.4) is 0 Å². The summed E-state index contributed by atoms with van der Waals surface area (Å²) in [4.78, 5) is 23.8. The Morgan fingerprint density at radius 2 is 1.81 bits per heavy atom. The number of carbonyl (C=O) groups excluding carboxylic acids is 2. The summed E-state index contributed by atoms with van der Waals surface area (Å²) in [5, 5.41) is 9.06. The molecule has 0 aliphatic carbocycles. The number of aryl methyl sites for hydroxylation is 1. The second kappa shape index (κ2) is 8.98. The summed E-state index contributed by atoms with van der Waals surface area (Å²) in [5.74, 6) is -0.533. The highest BCUT2D eigenvalue weighted by Gasteiger charge is 2.13. The van der Waals surface area contributed by atoms with Crippen molar-refractivity contribution in [2.75, 3.05) is 10.6 Å². The van der Waals surface area contributed by atoms with Crippen LogP contribution >= 0.6 is 35.4 Å². The van der Waals surface area contributed by atoms with Crippen LogP contribution < -0.4 is 16.0 Å². The van der Waals surface area contributed by atoms with Crippen molar-refractivity contribution < 1.29 is 9.59 Å². The maximum atomic E-state index is 12.3. The van der Waals surface area contributed by atoms with E-state index in [4.69, 9.17) is 35.4 Å². The molecule has 0 fully saturated rings. The molecule has 8 heteroatoms. The number of hydrogen-bond acceptors (Lipinski definition) is 3. The largest absolute Gasteiger partial charge is 0.332 e. The number of amides is 2. The first-order chi connectivity index (χ1) is 12.3. The molecule has 0 atom stereocenters.